The minimum atomic E-state index is -0.738. The third-order valence-electron chi connectivity index (χ3n) is 5.80. The molecular weight excluding hydrogens is 460 g/mol. The van der Waals surface area contributed by atoms with Crippen molar-refractivity contribution in [3.63, 3.8) is 0 Å². The quantitative estimate of drug-likeness (QED) is 0.397. The standard InChI is InChI=1S/C27H22ClF2NO3/c1-17-26(27(33)34-16-18-7-3-2-4-8-18)23(22-9-5-6-10-24(22)28)14-25(32)31(17)15-19-11-20(29)13-21(30)12-19/h2-13,23H,14-16H2,1H3. The molecule has 4 nitrogen and oxygen atoms in total. The molecular formula is C27H22ClF2NO3. The topological polar surface area (TPSA) is 46.6 Å². The highest BCUT2D eigenvalue weighted by Crippen LogP contribution is 2.40. The predicted molar refractivity (Wildman–Crippen MR) is 125 cm³/mol. The molecule has 4 rings (SSSR count). The number of amides is 1. The number of rotatable bonds is 6. The van der Waals surface area contributed by atoms with Gasteiger partial charge in [-0.3, -0.25) is 4.79 Å². The molecule has 34 heavy (non-hydrogen) atoms. The first-order valence-corrected chi connectivity index (χ1v) is 11.1. The highest BCUT2D eigenvalue weighted by molar-refractivity contribution is 6.31. The number of halogens is 3. The summed E-state index contributed by atoms with van der Waals surface area (Å²) in [7, 11) is 0. The summed E-state index contributed by atoms with van der Waals surface area (Å²) in [5.41, 5.74) is 2.39. The molecule has 0 aromatic heterocycles. The number of esters is 1. The molecule has 0 N–H and O–H groups in total. The predicted octanol–water partition coefficient (Wildman–Crippen LogP) is 6.15. The van der Waals surface area contributed by atoms with E-state index >= 15 is 0 Å². The van der Waals surface area contributed by atoms with Crippen LogP contribution in [-0.4, -0.2) is 16.8 Å². The fraction of sp³-hybridized carbons (Fsp3) is 0.185. The smallest absolute Gasteiger partial charge is 0.336 e. The second-order valence-corrected chi connectivity index (χ2v) is 8.50. The Morgan fingerprint density at radius 1 is 1.00 bits per heavy atom. The van der Waals surface area contributed by atoms with Crippen LogP contribution in [0.25, 0.3) is 0 Å². The number of carbonyl (C=O) groups excluding carboxylic acids is 2. The summed E-state index contributed by atoms with van der Waals surface area (Å²) in [4.78, 5) is 27.8. The third kappa shape index (κ3) is 5.18. The maximum absolute atomic E-state index is 13.7. The molecule has 1 atom stereocenters. The Morgan fingerprint density at radius 3 is 2.32 bits per heavy atom. The molecule has 1 unspecified atom stereocenters. The zero-order valence-electron chi connectivity index (χ0n) is 18.4. The van der Waals surface area contributed by atoms with Gasteiger partial charge >= 0.3 is 5.97 Å². The zero-order chi connectivity index (χ0) is 24.2. The van der Waals surface area contributed by atoms with E-state index in [1.165, 1.54) is 4.90 Å². The van der Waals surface area contributed by atoms with Crippen LogP contribution in [0.3, 0.4) is 0 Å². The molecule has 0 spiro atoms. The molecule has 174 valence electrons. The molecule has 1 heterocycles. The Morgan fingerprint density at radius 2 is 1.65 bits per heavy atom. The lowest BCUT2D eigenvalue weighted by molar-refractivity contribution is -0.141. The molecule has 0 fully saturated rings. The van der Waals surface area contributed by atoms with Crippen molar-refractivity contribution < 1.29 is 23.1 Å². The van der Waals surface area contributed by atoms with Crippen LogP contribution >= 0.6 is 11.6 Å². The molecule has 0 bridgehead atoms. The van der Waals surface area contributed by atoms with Gasteiger partial charge in [-0.15, -0.1) is 0 Å². The fourth-order valence-corrected chi connectivity index (χ4v) is 4.44. The summed E-state index contributed by atoms with van der Waals surface area (Å²) in [6.07, 6.45) is -0.0331. The maximum atomic E-state index is 13.7. The van der Waals surface area contributed by atoms with Crippen molar-refractivity contribution in [1.82, 2.24) is 4.90 Å². The second-order valence-electron chi connectivity index (χ2n) is 8.10. The summed E-state index contributed by atoms with van der Waals surface area (Å²) in [6, 6.07) is 19.4. The van der Waals surface area contributed by atoms with Crippen LogP contribution in [0, 0.1) is 11.6 Å². The van der Waals surface area contributed by atoms with Gasteiger partial charge in [0.15, 0.2) is 0 Å². The van der Waals surface area contributed by atoms with Gasteiger partial charge in [0.2, 0.25) is 5.91 Å². The van der Waals surface area contributed by atoms with Crippen molar-refractivity contribution >= 4 is 23.5 Å². The number of hydrogen-bond acceptors (Lipinski definition) is 3. The van der Waals surface area contributed by atoms with E-state index in [1.807, 2.05) is 30.3 Å². The first-order valence-electron chi connectivity index (χ1n) is 10.7. The summed E-state index contributed by atoms with van der Waals surface area (Å²) in [5, 5.41) is 0.433. The molecule has 1 aliphatic rings. The summed E-state index contributed by atoms with van der Waals surface area (Å²) >= 11 is 6.41. The Balaban J connectivity index is 1.71. The SMILES string of the molecule is CC1=C(C(=O)OCc2ccccc2)C(c2ccccc2Cl)CC(=O)N1Cc1cc(F)cc(F)c1. The van der Waals surface area contributed by atoms with Gasteiger partial charge in [-0.25, -0.2) is 13.6 Å². The average molecular weight is 482 g/mol. The maximum Gasteiger partial charge on any atom is 0.336 e. The molecule has 0 saturated heterocycles. The summed E-state index contributed by atoms with van der Waals surface area (Å²) < 4.78 is 33.1. The number of allylic oxidation sites excluding steroid dienone is 1. The van der Waals surface area contributed by atoms with Gasteiger partial charge in [0, 0.05) is 29.1 Å². The van der Waals surface area contributed by atoms with E-state index in [2.05, 4.69) is 0 Å². The van der Waals surface area contributed by atoms with Gasteiger partial charge in [0.1, 0.15) is 18.2 Å². The highest BCUT2D eigenvalue weighted by Gasteiger charge is 2.37. The second kappa shape index (κ2) is 10.2. The molecule has 1 aliphatic heterocycles. The summed E-state index contributed by atoms with van der Waals surface area (Å²) in [6.45, 7) is 1.62. The van der Waals surface area contributed by atoms with Crippen LogP contribution in [-0.2, 0) is 27.5 Å². The molecule has 0 saturated carbocycles. The Labute approximate surface area is 201 Å². The lowest BCUT2D eigenvalue weighted by Crippen LogP contribution is -2.38. The van der Waals surface area contributed by atoms with Crippen molar-refractivity contribution in [3.05, 3.63) is 117 Å². The van der Waals surface area contributed by atoms with E-state index in [4.69, 9.17) is 16.3 Å². The molecule has 0 radical (unpaired) electrons. The minimum absolute atomic E-state index is 0.0331. The number of benzene rings is 3. The van der Waals surface area contributed by atoms with Crippen molar-refractivity contribution in [1.29, 1.82) is 0 Å². The zero-order valence-corrected chi connectivity index (χ0v) is 19.2. The largest absolute Gasteiger partial charge is 0.457 e. The third-order valence-corrected chi connectivity index (χ3v) is 6.14. The highest BCUT2D eigenvalue weighted by atomic mass is 35.5. The molecule has 1 amide bonds. The van der Waals surface area contributed by atoms with E-state index in [1.54, 1.807) is 31.2 Å². The first-order chi connectivity index (χ1) is 16.3. The van der Waals surface area contributed by atoms with Crippen LogP contribution in [0.5, 0.6) is 0 Å². The normalized spacial score (nSPS) is 16.1. The van der Waals surface area contributed by atoms with E-state index in [0.717, 1.165) is 23.8 Å². The van der Waals surface area contributed by atoms with Crippen LogP contribution in [0.4, 0.5) is 8.78 Å². The van der Waals surface area contributed by atoms with Gasteiger partial charge in [0.05, 0.1) is 12.1 Å². The van der Waals surface area contributed by atoms with E-state index < -0.39 is 23.5 Å². The molecule has 0 aliphatic carbocycles. The monoisotopic (exact) mass is 481 g/mol. The van der Waals surface area contributed by atoms with E-state index in [9.17, 15) is 18.4 Å². The molecule has 3 aromatic rings. The molecule has 3 aromatic carbocycles. The Bertz CT molecular complexity index is 1240. The van der Waals surface area contributed by atoms with Crippen molar-refractivity contribution in [2.45, 2.75) is 32.4 Å². The number of ether oxygens (including phenoxy) is 1. The molecule has 7 heteroatoms. The lowest BCUT2D eigenvalue weighted by Gasteiger charge is -2.35. The van der Waals surface area contributed by atoms with Gasteiger partial charge < -0.3 is 9.64 Å². The van der Waals surface area contributed by atoms with Crippen LogP contribution in [0.1, 0.15) is 36.0 Å². The summed E-state index contributed by atoms with van der Waals surface area (Å²) in [5.74, 6) is -2.94. The van der Waals surface area contributed by atoms with Crippen molar-refractivity contribution in [3.8, 4) is 0 Å². The van der Waals surface area contributed by atoms with E-state index in [-0.39, 0.29) is 31.0 Å². The van der Waals surface area contributed by atoms with Crippen LogP contribution in [0.2, 0.25) is 5.02 Å². The van der Waals surface area contributed by atoms with Crippen LogP contribution < -0.4 is 0 Å². The number of hydrogen-bond donors (Lipinski definition) is 0. The van der Waals surface area contributed by atoms with Gasteiger partial charge in [-0.05, 0) is 41.8 Å². The van der Waals surface area contributed by atoms with Crippen molar-refractivity contribution in [2.75, 3.05) is 0 Å². The van der Waals surface area contributed by atoms with Crippen molar-refractivity contribution in [2.24, 2.45) is 0 Å². The van der Waals surface area contributed by atoms with E-state index in [0.29, 0.717) is 21.9 Å². The average Bonchev–Trinajstić information content (AvgIpc) is 2.80. The van der Waals surface area contributed by atoms with Crippen LogP contribution in [0.15, 0.2) is 84.1 Å². The van der Waals surface area contributed by atoms with Gasteiger partial charge in [-0.1, -0.05) is 60.1 Å². The van der Waals surface area contributed by atoms with Gasteiger partial charge in [0.25, 0.3) is 0 Å². The number of carbonyl (C=O) groups is 2. The Hall–Kier alpha value is -3.51. The number of nitrogens with zero attached hydrogens (tertiary/aromatic N) is 1. The lowest BCUT2D eigenvalue weighted by atomic mass is 9.83. The Kier molecular flexibility index (Phi) is 7.08. The first kappa shape index (κ1) is 23.6. The minimum Gasteiger partial charge on any atom is -0.457 e. The van der Waals surface area contributed by atoms with Gasteiger partial charge in [-0.2, -0.15) is 0 Å². The fourth-order valence-electron chi connectivity index (χ4n) is 4.18.